The van der Waals surface area contributed by atoms with Gasteiger partial charge in [0.15, 0.2) is 0 Å². The first-order valence-electron chi connectivity index (χ1n) is 7.20. The molecule has 19 heavy (non-hydrogen) atoms. The Morgan fingerprint density at radius 2 is 2.16 bits per heavy atom. The normalized spacial score (nSPS) is 12.7. The molecule has 0 bridgehead atoms. The fourth-order valence-electron chi connectivity index (χ4n) is 2.28. The van der Waals surface area contributed by atoms with Gasteiger partial charge in [-0.05, 0) is 57.6 Å². The summed E-state index contributed by atoms with van der Waals surface area (Å²) >= 11 is 0. The number of benzene rings is 1. The molecule has 3 heteroatoms. The van der Waals surface area contributed by atoms with Crippen molar-refractivity contribution >= 4 is 0 Å². The Balaban J connectivity index is 2.28. The van der Waals surface area contributed by atoms with E-state index in [1.807, 2.05) is 6.07 Å². The zero-order chi connectivity index (χ0) is 14.1. The van der Waals surface area contributed by atoms with Crippen LogP contribution in [0.5, 0.6) is 5.75 Å². The Bertz CT molecular complexity index is 354. The number of nitrogens with one attached hydrogen (secondary N) is 1. The maximum absolute atomic E-state index is 5.25. The molecule has 0 saturated carbocycles. The molecule has 1 atom stereocenters. The lowest BCUT2D eigenvalue weighted by Crippen LogP contribution is -2.27. The maximum Gasteiger partial charge on any atom is 0.119 e. The van der Waals surface area contributed by atoms with Crippen molar-refractivity contribution in [2.75, 3.05) is 27.2 Å². The average Bonchev–Trinajstić information content (AvgIpc) is 2.39. The summed E-state index contributed by atoms with van der Waals surface area (Å²) in [4.78, 5) is 2.37. The van der Waals surface area contributed by atoms with Crippen LogP contribution >= 0.6 is 0 Å². The van der Waals surface area contributed by atoms with Gasteiger partial charge < -0.3 is 15.0 Å². The molecule has 0 aliphatic carbocycles. The van der Waals surface area contributed by atoms with E-state index in [9.17, 15) is 0 Å². The lowest BCUT2D eigenvalue weighted by molar-refractivity contribution is 0.310. The SMILES string of the molecule is CCNC(C)CCCN(C)Cc1cccc(OC)c1. The molecule has 0 radical (unpaired) electrons. The summed E-state index contributed by atoms with van der Waals surface area (Å²) < 4.78 is 5.25. The molecule has 0 fully saturated rings. The highest BCUT2D eigenvalue weighted by Crippen LogP contribution is 2.14. The molecule has 0 aromatic heterocycles. The van der Waals surface area contributed by atoms with Gasteiger partial charge in [0.1, 0.15) is 5.75 Å². The third-order valence-corrected chi connectivity index (χ3v) is 3.32. The second kappa shape index (κ2) is 8.94. The van der Waals surface area contributed by atoms with E-state index < -0.39 is 0 Å². The zero-order valence-corrected chi connectivity index (χ0v) is 12.8. The van der Waals surface area contributed by atoms with E-state index in [4.69, 9.17) is 4.74 Å². The molecule has 1 rings (SSSR count). The van der Waals surface area contributed by atoms with Crippen molar-refractivity contribution in [1.29, 1.82) is 0 Å². The monoisotopic (exact) mass is 264 g/mol. The largest absolute Gasteiger partial charge is 0.497 e. The number of ether oxygens (including phenoxy) is 1. The van der Waals surface area contributed by atoms with E-state index in [-0.39, 0.29) is 0 Å². The molecule has 1 aromatic carbocycles. The van der Waals surface area contributed by atoms with Gasteiger partial charge in [0.25, 0.3) is 0 Å². The summed E-state index contributed by atoms with van der Waals surface area (Å²) in [7, 11) is 3.89. The average molecular weight is 264 g/mol. The third-order valence-electron chi connectivity index (χ3n) is 3.32. The van der Waals surface area contributed by atoms with Crippen LogP contribution in [0.15, 0.2) is 24.3 Å². The van der Waals surface area contributed by atoms with Crippen molar-refractivity contribution in [1.82, 2.24) is 10.2 Å². The highest BCUT2D eigenvalue weighted by atomic mass is 16.5. The van der Waals surface area contributed by atoms with Crippen molar-refractivity contribution in [3.05, 3.63) is 29.8 Å². The van der Waals surface area contributed by atoms with Crippen LogP contribution in [0, 0.1) is 0 Å². The number of methoxy groups -OCH3 is 1. The highest BCUT2D eigenvalue weighted by molar-refractivity contribution is 5.28. The van der Waals surface area contributed by atoms with Crippen molar-refractivity contribution in [2.45, 2.75) is 39.3 Å². The predicted molar refractivity (Wildman–Crippen MR) is 81.7 cm³/mol. The molecule has 108 valence electrons. The van der Waals surface area contributed by atoms with Gasteiger partial charge in [-0.3, -0.25) is 0 Å². The van der Waals surface area contributed by atoms with E-state index >= 15 is 0 Å². The summed E-state index contributed by atoms with van der Waals surface area (Å²) in [6, 6.07) is 8.92. The summed E-state index contributed by atoms with van der Waals surface area (Å²) in [5.41, 5.74) is 1.31. The predicted octanol–water partition coefficient (Wildman–Crippen LogP) is 2.91. The highest BCUT2D eigenvalue weighted by Gasteiger charge is 2.04. The minimum Gasteiger partial charge on any atom is -0.497 e. The van der Waals surface area contributed by atoms with E-state index in [1.54, 1.807) is 7.11 Å². The Morgan fingerprint density at radius 3 is 2.84 bits per heavy atom. The second-order valence-corrected chi connectivity index (χ2v) is 5.19. The molecular formula is C16H28N2O. The summed E-state index contributed by atoms with van der Waals surface area (Å²) in [5.74, 6) is 0.937. The van der Waals surface area contributed by atoms with Crippen molar-refractivity contribution in [2.24, 2.45) is 0 Å². The summed E-state index contributed by atoms with van der Waals surface area (Å²) in [6.45, 7) is 7.58. The smallest absolute Gasteiger partial charge is 0.119 e. The molecule has 3 nitrogen and oxygen atoms in total. The van der Waals surface area contributed by atoms with Gasteiger partial charge in [-0.1, -0.05) is 19.1 Å². The molecular weight excluding hydrogens is 236 g/mol. The van der Waals surface area contributed by atoms with Crippen molar-refractivity contribution < 1.29 is 4.74 Å². The van der Waals surface area contributed by atoms with E-state index in [2.05, 4.69) is 49.3 Å². The number of nitrogens with zero attached hydrogens (tertiary/aromatic N) is 1. The van der Waals surface area contributed by atoms with Gasteiger partial charge >= 0.3 is 0 Å². The van der Waals surface area contributed by atoms with Gasteiger partial charge in [-0.15, -0.1) is 0 Å². The minimum atomic E-state index is 0.621. The molecule has 0 saturated heterocycles. The van der Waals surface area contributed by atoms with E-state index in [0.717, 1.165) is 25.4 Å². The molecule has 1 N–H and O–H groups in total. The van der Waals surface area contributed by atoms with Crippen LogP contribution in [0.2, 0.25) is 0 Å². The second-order valence-electron chi connectivity index (χ2n) is 5.19. The van der Waals surface area contributed by atoms with E-state index in [0.29, 0.717) is 6.04 Å². The minimum absolute atomic E-state index is 0.621. The van der Waals surface area contributed by atoms with Crippen LogP contribution in [0.1, 0.15) is 32.3 Å². The Morgan fingerprint density at radius 1 is 1.37 bits per heavy atom. The van der Waals surface area contributed by atoms with E-state index in [1.165, 1.54) is 18.4 Å². The molecule has 0 aliphatic rings. The number of hydrogen-bond acceptors (Lipinski definition) is 3. The molecule has 0 aliphatic heterocycles. The summed E-state index contributed by atoms with van der Waals surface area (Å²) in [5, 5.41) is 3.45. The fourth-order valence-corrected chi connectivity index (χ4v) is 2.28. The standard InChI is InChI=1S/C16H28N2O/c1-5-17-14(2)8-7-11-18(3)13-15-9-6-10-16(12-15)19-4/h6,9-10,12,14,17H,5,7-8,11,13H2,1-4H3. The third kappa shape index (κ3) is 6.60. The summed E-state index contributed by atoms with van der Waals surface area (Å²) in [6.07, 6.45) is 2.46. The topological polar surface area (TPSA) is 24.5 Å². The number of rotatable bonds is 9. The lowest BCUT2D eigenvalue weighted by Gasteiger charge is -2.18. The number of hydrogen-bond donors (Lipinski definition) is 1. The van der Waals surface area contributed by atoms with Crippen LogP contribution in [-0.4, -0.2) is 38.2 Å². The van der Waals surface area contributed by atoms with Gasteiger partial charge in [0, 0.05) is 12.6 Å². The van der Waals surface area contributed by atoms with Crippen LogP contribution in [-0.2, 0) is 6.54 Å². The lowest BCUT2D eigenvalue weighted by atomic mass is 10.1. The Labute approximate surface area is 118 Å². The first kappa shape index (κ1) is 16.0. The first-order valence-corrected chi connectivity index (χ1v) is 7.20. The van der Waals surface area contributed by atoms with Gasteiger partial charge in [0.05, 0.1) is 7.11 Å². The van der Waals surface area contributed by atoms with Crippen molar-refractivity contribution in [3.8, 4) is 5.75 Å². The maximum atomic E-state index is 5.25. The van der Waals surface area contributed by atoms with Crippen LogP contribution in [0.25, 0.3) is 0 Å². The van der Waals surface area contributed by atoms with Crippen LogP contribution < -0.4 is 10.1 Å². The fraction of sp³-hybridized carbons (Fsp3) is 0.625. The quantitative estimate of drug-likeness (QED) is 0.742. The molecule has 0 amide bonds. The first-order chi connectivity index (χ1) is 9.15. The Kier molecular flexibility index (Phi) is 7.53. The van der Waals surface area contributed by atoms with Gasteiger partial charge in [-0.2, -0.15) is 0 Å². The van der Waals surface area contributed by atoms with Crippen LogP contribution in [0.4, 0.5) is 0 Å². The van der Waals surface area contributed by atoms with Gasteiger partial charge in [-0.25, -0.2) is 0 Å². The van der Waals surface area contributed by atoms with Gasteiger partial charge in [0.2, 0.25) is 0 Å². The van der Waals surface area contributed by atoms with Crippen LogP contribution in [0.3, 0.4) is 0 Å². The Hall–Kier alpha value is -1.06. The molecule has 1 aromatic rings. The molecule has 0 heterocycles. The molecule has 0 spiro atoms. The van der Waals surface area contributed by atoms with Crippen molar-refractivity contribution in [3.63, 3.8) is 0 Å². The molecule has 1 unspecified atom stereocenters. The zero-order valence-electron chi connectivity index (χ0n) is 12.8.